The molecule has 0 unspecified atom stereocenters. The summed E-state index contributed by atoms with van der Waals surface area (Å²) in [5, 5.41) is 6.59. The molecule has 0 saturated carbocycles. The van der Waals surface area contributed by atoms with Crippen LogP contribution in [-0.4, -0.2) is 13.0 Å². The zero-order chi connectivity index (χ0) is 13.3. The van der Waals surface area contributed by atoms with Gasteiger partial charge in [-0.15, -0.1) is 0 Å². The second kappa shape index (κ2) is 7.21. The van der Waals surface area contributed by atoms with E-state index in [0.717, 1.165) is 19.0 Å². The van der Waals surface area contributed by atoms with Crippen LogP contribution in [0.1, 0.15) is 11.1 Å². The lowest BCUT2D eigenvalue weighted by Crippen LogP contribution is -2.36. The Bertz CT molecular complexity index is 461. The molecule has 3 heteroatoms. The molecule has 0 aliphatic carbocycles. The van der Waals surface area contributed by atoms with Crippen molar-refractivity contribution in [3.8, 4) is 0 Å². The molecule has 2 N–H and O–H groups in total. The van der Waals surface area contributed by atoms with Gasteiger partial charge in [-0.05, 0) is 11.1 Å². The first-order valence-corrected chi connectivity index (χ1v) is 6.41. The third-order valence-electron chi connectivity index (χ3n) is 2.83. The minimum atomic E-state index is 0.773. The van der Waals surface area contributed by atoms with Crippen molar-refractivity contribution in [1.29, 1.82) is 0 Å². The van der Waals surface area contributed by atoms with Gasteiger partial charge in [0.25, 0.3) is 0 Å². The van der Waals surface area contributed by atoms with Gasteiger partial charge in [0.1, 0.15) is 0 Å². The largest absolute Gasteiger partial charge is 0.352 e. The van der Waals surface area contributed by atoms with Gasteiger partial charge in [0, 0.05) is 20.1 Å². The van der Waals surface area contributed by atoms with Gasteiger partial charge in [-0.2, -0.15) is 0 Å². The first-order valence-electron chi connectivity index (χ1n) is 6.41. The van der Waals surface area contributed by atoms with Crippen LogP contribution in [0.4, 0.5) is 0 Å². The quantitative estimate of drug-likeness (QED) is 0.649. The fourth-order valence-electron chi connectivity index (χ4n) is 1.78. The van der Waals surface area contributed by atoms with Crippen LogP contribution in [0.15, 0.2) is 65.7 Å². The van der Waals surface area contributed by atoms with Crippen molar-refractivity contribution < 1.29 is 0 Å². The number of hydrogen-bond acceptors (Lipinski definition) is 1. The predicted octanol–water partition coefficient (Wildman–Crippen LogP) is 2.55. The highest BCUT2D eigenvalue weighted by atomic mass is 15.2. The summed E-state index contributed by atoms with van der Waals surface area (Å²) in [4.78, 5) is 4.21. The van der Waals surface area contributed by atoms with E-state index in [1.807, 2.05) is 36.4 Å². The first kappa shape index (κ1) is 13.1. The molecule has 0 saturated heterocycles. The molecule has 3 nitrogen and oxygen atoms in total. The van der Waals surface area contributed by atoms with Gasteiger partial charge >= 0.3 is 0 Å². The van der Waals surface area contributed by atoms with Crippen LogP contribution in [0, 0.1) is 0 Å². The summed E-state index contributed by atoms with van der Waals surface area (Å²) in [6.45, 7) is 1.55. The minimum absolute atomic E-state index is 0.773. The van der Waals surface area contributed by atoms with Crippen LogP contribution in [-0.2, 0) is 13.1 Å². The van der Waals surface area contributed by atoms with Crippen molar-refractivity contribution in [3.63, 3.8) is 0 Å². The number of benzene rings is 2. The van der Waals surface area contributed by atoms with Gasteiger partial charge in [0.05, 0.1) is 0 Å². The highest BCUT2D eigenvalue weighted by Gasteiger charge is 1.98. The van der Waals surface area contributed by atoms with Crippen LogP contribution in [0.5, 0.6) is 0 Å². The van der Waals surface area contributed by atoms with Gasteiger partial charge < -0.3 is 10.6 Å². The SMILES string of the molecule is CN=C(NCc1ccccc1)NCc1ccccc1. The molecule has 98 valence electrons. The molecule has 0 aliphatic rings. The van der Waals surface area contributed by atoms with Gasteiger partial charge in [0.2, 0.25) is 0 Å². The lowest BCUT2D eigenvalue weighted by Gasteiger charge is -2.11. The molecule has 2 aromatic carbocycles. The highest BCUT2D eigenvalue weighted by Crippen LogP contribution is 1.98. The minimum Gasteiger partial charge on any atom is -0.352 e. The Morgan fingerprint density at radius 1 is 0.789 bits per heavy atom. The van der Waals surface area contributed by atoms with Gasteiger partial charge in [-0.25, -0.2) is 0 Å². The summed E-state index contributed by atoms with van der Waals surface area (Å²) in [7, 11) is 1.78. The zero-order valence-corrected chi connectivity index (χ0v) is 11.1. The second-order valence-electron chi connectivity index (χ2n) is 4.25. The van der Waals surface area contributed by atoms with Crippen LogP contribution >= 0.6 is 0 Å². The number of hydrogen-bond donors (Lipinski definition) is 2. The topological polar surface area (TPSA) is 36.4 Å². The number of rotatable bonds is 4. The second-order valence-corrected chi connectivity index (χ2v) is 4.25. The summed E-state index contributed by atoms with van der Waals surface area (Å²) in [5.74, 6) is 0.813. The molecule has 0 spiro atoms. The van der Waals surface area contributed by atoms with E-state index in [4.69, 9.17) is 0 Å². The summed E-state index contributed by atoms with van der Waals surface area (Å²) in [6, 6.07) is 20.6. The predicted molar refractivity (Wildman–Crippen MR) is 79.9 cm³/mol. The van der Waals surface area contributed by atoms with E-state index >= 15 is 0 Å². The molecule has 0 radical (unpaired) electrons. The molecule has 0 aromatic heterocycles. The number of nitrogens with one attached hydrogen (secondary N) is 2. The molecular weight excluding hydrogens is 234 g/mol. The Morgan fingerprint density at radius 3 is 1.58 bits per heavy atom. The van der Waals surface area contributed by atoms with Gasteiger partial charge in [0.15, 0.2) is 5.96 Å². The zero-order valence-electron chi connectivity index (χ0n) is 11.1. The van der Waals surface area contributed by atoms with Gasteiger partial charge in [-0.3, -0.25) is 4.99 Å². The molecule has 0 bridgehead atoms. The summed E-state index contributed by atoms with van der Waals surface area (Å²) < 4.78 is 0. The average Bonchev–Trinajstić information content (AvgIpc) is 2.49. The molecule has 0 atom stereocenters. The molecular formula is C16H19N3. The molecule has 0 heterocycles. The standard InChI is InChI=1S/C16H19N3/c1-17-16(18-12-14-8-4-2-5-9-14)19-13-15-10-6-3-7-11-15/h2-11H,12-13H2,1H3,(H2,17,18,19). The maximum Gasteiger partial charge on any atom is 0.191 e. The fraction of sp³-hybridized carbons (Fsp3) is 0.188. The Kier molecular flexibility index (Phi) is 4.99. The number of aliphatic imine (C=N–C) groups is 1. The van der Waals surface area contributed by atoms with Crippen molar-refractivity contribution in [3.05, 3.63) is 71.8 Å². The fourth-order valence-corrected chi connectivity index (χ4v) is 1.78. The van der Waals surface area contributed by atoms with Crippen LogP contribution < -0.4 is 10.6 Å². The van der Waals surface area contributed by atoms with E-state index in [-0.39, 0.29) is 0 Å². The normalized spacial score (nSPS) is 9.74. The Hall–Kier alpha value is -2.29. The van der Waals surface area contributed by atoms with Crippen molar-refractivity contribution >= 4 is 5.96 Å². The van der Waals surface area contributed by atoms with Gasteiger partial charge in [-0.1, -0.05) is 60.7 Å². The van der Waals surface area contributed by atoms with E-state index in [9.17, 15) is 0 Å². The third-order valence-corrected chi connectivity index (χ3v) is 2.83. The van der Waals surface area contributed by atoms with Crippen molar-refractivity contribution in [2.45, 2.75) is 13.1 Å². The van der Waals surface area contributed by atoms with E-state index in [0.29, 0.717) is 0 Å². The number of nitrogens with zero attached hydrogens (tertiary/aromatic N) is 1. The Morgan fingerprint density at radius 2 is 1.21 bits per heavy atom. The average molecular weight is 253 g/mol. The maximum atomic E-state index is 4.21. The van der Waals surface area contributed by atoms with Crippen molar-refractivity contribution in [2.75, 3.05) is 7.05 Å². The van der Waals surface area contributed by atoms with Crippen LogP contribution in [0.25, 0.3) is 0 Å². The molecule has 19 heavy (non-hydrogen) atoms. The molecule has 0 fully saturated rings. The van der Waals surface area contributed by atoms with E-state index in [1.165, 1.54) is 11.1 Å². The van der Waals surface area contributed by atoms with Crippen LogP contribution in [0.2, 0.25) is 0 Å². The van der Waals surface area contributed by atoms with Crippen molar-refractivity contribution in [2.24, 2.45) is 4.99 Å². The van der Waals surface area contributed by atoms with E-state index in [1.54, 1.807) is 7.05 Å². The lowest BCUT2D eigenvalue weighted by atomic mass is 10.2. The lowest BCUT2D eigenvalue weighted by molar-refractivity contribution is 0.809. The molecule has 2 rings (SSSR count). The van der Waals surface area contributed by atoms with E-state index in [2.05, 4.69) is 39.9 Å². The third kappa shape index (κ3) is 4.47. The summed E-state index contributed by atoms with van der Waals surface area (Å²) in [5.41, 5.74) is 2.48. The summed E-state index contributed by atoms with van der Waals surface area (Å²) in [6.07, 6.45) is 0. The molecule has 2 aromatic rings. The monoisotopic (exact) mass is 253 g/mol. The van der Waals surface area contributed by atoms with Crippen molar-refractivity contribution in [1.82, 2.24) is 10.6 Å². The molecule has 0 amide bonds. The maximum absolute atomic E-state index is 4.21. The molecule has 0 aliphatic heterocycles. The number of guanidine groups is 1. The first-order chi connectivity index (χ1) is 9.38. The smallest absolute Gasteiger partial charge is 0.191 e. The Balaban J connectivity index is 1.81. The highest BCUT2D eigenvalue weighted by molar-refractivity contribution is 5.79. The van der Waals surface area contributed by atoms with Crippen LogP contribution in [0.3, 0.4) is 0 Å². The summed E-state index contributed by atoms with van der Waals surface area (Å²) >= 11 is 0. The Labute approximate surface area is 114 Å². The van der Waals surface area contributed by atoms with E-state index < -0.39 is 0 Å².